The molecule has 4 aromatic rings. The molecule has 0 aliphatic carbocycles. The molecule has 33 heavy (non-hydrogen) atoms. The zero-order chi connectivity index (χ0) is 23.7. The molecule has 2 unspecified atom stereocenters. The van der Waals surface area contributed by atoms with Crippen molar-refractivity contribution in [2.24, 2.45) is 0 Å². The largest absolute Gasteiger partial charge is 0.502 e. The highest BCUT2D eigenvalue weighted by Gasteiger charge is 2.22. The van der Waals surface area contributed by atoms with E-state index >= 15 is 0 Å². The van der Waals surface area contributed by atoms with E-state index in [-0.39, 0.29) is 11.7 Å². The molecule has 0 spiro atoms. The number of nitrogens with one attached hydrogen (secondary N) is 2. The van der Waals surface area contributed by atoms with Crippen LogP contribution < -0.4 is 21.5 Å². The first-order valence-electron chi connectivity index (χ1n) is 10.4. The molecule has 0 saturated heterocycles. The van der Waals surface area contributed by atoms with Crippen LogP contribution in [0.2, 0.25) is 0 Å². The van der Waals surface area contributed by atoms with Crippen LogP contribution in [0.5, 0.6) is 5.75 Å². The molecule has 4 rings (SSSR count). The molecule has 0 fully saturated rings. The first-order valence-corrected chi connectivity index (χ1v) is 10.4. The van der Waals surface area contributed by atoms with Gasteiger partial charge in [0.25, 0.3) is 10.9 Å². The Balaban J connectivity index is 1.68. The van der Waals surface area contributed by atoms with Gasteiger partial charge in [-0.3, -0.25) is 14.9 Å². The van der Waals surface area contributed by atoms with E-state index in [1.807, 2.05) is 44.2 Å². The Bertz CT molecular complexity index is 1360. The fraction of sp³-hybridized carbons (Fsp3) is 0.154. The van der Waals surface area contributed by atoms with Gasteiger partial charge in [0, 0.05) is 17.8 Å². The number of anilines is 2. The summed E-state index contributed by atoms with van der Waals surface area (Å²) in [7, 11) is 0. The lowest BCUT2D eigenvalue weighted by atomic mass is 9.95. The van der Waals surface area contributed by atoms with Crippen LogP contribution >= 0.6 is 0 Å². The van der Waals surface area contributed by atoms with Gasteiger partial charge in [0.05, 0.1) is 6.04 Å². The molecule has 0 amide bonds. The van der Waals surface area contributed by atoms with Crippen LogP contribution in [-0.2, 0) is 0 Å². The van der Waals surface area contributed by atoms with Crippen molar-refractivity contribution in [1.29, 1.82) is 0 Å². The quantitative estimate of drug-likeness (QED) is 0.356. The molecule has 0 aromatic heterocycles. The summed E-state index contributed by atoms with van der Waals surface area (Å²) in [6.07, 6.45) is 0. The van der Waals surface area contributed by atoms with Crippen LogP contribution in [0.1, 0.15) is 41.3 Å². The lowest BCUT2D eigenvalue weighted by molar-refractivity contribution is 0.466. The molecule has 168 valence electrons. The minimum Gasteiger partial charge on any atom is -0.502 e. The summed E-state index contributed by atoms with van der Waals surface area (Å²) in [6.45, 7) is 3.80. The number of hydrogen-bond donors (Lipinski definition) is 3. The van der Waals surface area contributed by atoms with Gasteiger partial charge in [-0.15, -0.1) is 0 Å². The number of aromatic hydroxyl groups is 1. The Morgan fingerprint density at radius 3 is 2.12 bits per heavy atom. The molecular formula is C26H22F2N2O3. The van der Waals surface area contributed by atoms with Crippen LogP contribution in [0, 0.1) is 18.6 Å². The zero-order valence-corrected chi connectivity index (χ0v) is 18.0. The smallest absolute Gasteiger partial charge is 0.271 e. The summed E-state index contributed by atoms with van der Waals surface area (Å²) in [5, 5.41) is 15.9. The van der Waals surface area contributed by atoms with Crippen LogP contribution in [0.25, 0.3) is 0 Å². The van der Waals surface area contributed by atoms with Crippen molar-refractivity contribution >= 4 is 11.4 Å². The Labute approximate surface area is 189 Å². The van der Waals surface area contributed by atoms with E-state index in [9.17, 15) is 23.5 Å². The number of rotatable bonds is 7. The molecule has 0 heterocycles. The molecule has 0 saturated carbocycles. The summed E-state index contributed by atoms with van der Waals surface area (Å²) in [6, 6.07) is 17.7. The van der Waals surface area contributed by atoms with Gasteiger partial charge in [-0.25, -0.2) is 8.78 Å². The van der Waals surface area contributed by atoms with Gasteiger partial charge in [0.2, 0.25) is 0 Å². The minimum atomic E-state index is -0.913. The fourth-order valence-electron chi connectivity index (χ4n) is 3.75. The van der Waals surface area contributed by atoms with Gasteiger partial charge >= 0.3 is 0 Å². The summed E-state index contributed by atoms with van der Waals surface area (Å²) >= 11 is 0. The predicted molar refractivity (Wildman–Crippen MR) is 124 cm³/mol. The maximum atomic E-state index is 13.8. The first-order chi connectivity index (χ1) is 15.7. The van der Waals surface area contributed by atoms with Crippen LogP contribution in [0.4, 0.5) is 20.2 Å². The summed E-state index contributed by atoms with van der Waals surface area (Å²) in [5.41, 5.74) is 1.98. The topological polar surface area (TPSA) is 78.4 Å². The monoisotopic (exact) mass is 448 g/mol. The lowest BCUT2D eigenvalue weighted by Gasteiger charge is -2.25. The standard InChI is InChI=1S/C26H22F2N2O3/c1-14-6-8-16(9-7-14)22(29-15(2)18-10-19(27)13-20(28)11-18)17-4-3-5-21(12-17)30-23-24(31)26(33)25(23)32/h3-13,15,22,29-31H,1-2H3. The van der Waals surface area contributed by atoms with E-state index in [0.29, 0.717) is 11.3 Å². The van der Waals surface area contributed by atoms with Crippen molar-refractivity contribution in [3.63, 3.8) is 0 Å². The van der Waals surface area contributed by atoms with Crippen molar-refractivity contribution in [2.45, 2.75) is 25.9 Å². The molecule has 3 N–H and O–H groups in total. The zero-order valence-electron chi connectivity index (χ0n) is 18.0. The Morgan fingerprint density at radius 1 is 0.818 bits per heavy atom. The highest BCUT2D eigenvalue weighted by molar-refractivity contribution is 5.69. The number of benzene rings is 3. The summed E-state index contributed by atoms with van der Waals surface area (Å²) in [5.74, 6) is -1.88. The third kappa shape index (κ3) is 4.68. The van der Waals surface area contributed by atoms with E-state index < -0.39 is 34.3 Å². The van der Waals surface area contributed by atoms with E-state index in [0.717, 1.165) is 22.8 Å². The minimum absolute atomic E-state index is 0.138. The van der Waals surface area contributed by atoms with E-state index in [1.54, 1.807) is 18.2 Å². The van der Waals surface area contributed by atoms with Crippen molar-refractivity contribution in [1.82, 2.24) is 5.32 Å². The summed E-state index contributed by atoms with van der Waals surface area (Å²) < 4.78 is 27.5. The van der Waals surface area contributed by atoms with Crippen LogP contribution in [-0.4, -0.2) is 5.11 Å². The molecule has 5 nitrogen and oxygen atoms in total. The Hall–Kier alpha value is -3.84. The second-order valence-corrected chi connectivity index (χ2v) is 8.07. The number of hydrogen-bond acceptors (Lipinski definition) is 5. The highest BCUT2D eigenvalue weighted by atomic mass is 19.1. The molecule has 4 aromatic carbocycles. The van der Waals surface area contributed by atoms with Gasteiger partial charge in [0.15, 0.2) is 5.75 Å². The highest BCUT2D eigenvalue weighted by Crippen LogP contribution is 2.30. The van der Waals surface area contributed by atoms with E-state index in [1.165, 1.54) is 12.1 Å². The molecule has 7 heteroatoms. The lowest BCUT2D eigenvalue weighted by Crippen LogP contribution is -2.32. The summed E-state index contributed by atoms with van der Waals surface area (Å²) in [4.78, 5) is 23.0. The molecule has 2 atom stereocenters. The number of halogens is 2. The van der Waals surface area contributed by atoms with E-state index in [2.05, 4.69) is 10.6 Å². The Morgan fingerprint density at radius 2 is 1.48 bits per heavy atom. The van der Waals surface area contributed by atoms with Gasteiger partial charge < -0.3 is 10.4 Å². The maximum Gasteiger partial charge on any atom is 0.271 e. The van der Waals surface area contributed by atoms with Crippen molar-refractivity contribution in [3.8, 4) is 5.75 Å². The van der Waals surface area contributed by atoms with Crippen molar-refractivity contribution < 1.29 is 13.9 Å². The van der Waals surface area contributed by atoms with Gasteiger partial charge in [0.1, 0.15) is 17.3 Å². The van der Waals surface area contributed by atoms with Crippen molar-refractivity contribution in [3.05, 3.63) is 121 Å². The molecular weight excluding hydrogens is 426 g/mol. The third-order valence-corrected chi connectivity index (χ3v) is 5.59. The van der Waals surface area contributed by atoms with E-state index in [4.69, 9.17) is 0 Å². The normalized spacial score (nSPS) is 13.1. The second kappa shape index (κ2) is 8.96. The average molecular weight is 448 g/mol. The SMILES string of the molecule is Cc1ccc(C(NC(C)c2cc(F)cc(F)c2)c2cccc(Nc3c(O)c(=O)c3=O)c2)cc1. The van der Waals surface area contributed by atoms with Gasteiger partial charge in [-0.2, -0.15) is 0 Å². The maximum absolute atomic E-state index is 13.8. The van der Waals surface area contributed by atoms with Crippen molar-refractivity contribution in [2.75, 3.05) is 5.32 Å². The van der Waals surface area contributed by atoms with Crippen LogP contribution in [0.15, 0.2) is 76.3 Å². The van der Waals surface area contributed by atoms with Gasteiger partial charge in [-0.1, -0.05) is 42.0 Å². The fourth-order valence-corrected chi connectivity index (χ4v) is 3.75. The third-order valence-electron chi connectivity index (χ3n) is 5.59. The second-order valence-electron chi connectivity index (χ2n) is 8.07. The Kier molecular flexibility index (Phi) is 6.07. The number of aryl methyl sites for hydroxylation is 1. The predicted octanol–water partition coefficient (Wildman–Crippen LogP) is 4.76. The first kappa shape index (κ1) is 22.4. The van der Waals surface area contributed by atoms with Gasteiger partial charge in [-0.05, 0) is 54.8 Å². The molecule has 0 aliphatic rings. The molecule has 0 radical (unpaired) electrons. The molecule has 0 bridgehead atoms. The average Bonchev–Trinajstić information content (AvgIpc) is 2.80. The van der Waals surface area contributed by atoms with Crippen LogP contribution in [0.3, 0.4) is 0 Å². The molecule has 0 aliphatic heterocycles.